The van der Waals surface area contributed by atoms with Crippen molar-refractivity contribution in [1.82, 2.24) is 5.06 Å². The summed E-state index contributed by atoms with van der Waals surface area (Å²) in [5.41, 5.74) is 0. The molecule has 1 aromatic rings. The van der Waals surface area contributed by atoms with E-state index in [0.29, 0.717) is 11.5 Å². The van der Waals surface area contributed by atoms with Crippen molar-refractivity contribution in [2.24, 2.45) is 0 Å². The molecule has 5 nitrogen and oxygen atoms in total. The Balaban J connectivity index is 2.60. The molecule has 0 radical (unpaired) electrons. The highest BCUT2D eigenvalue weighted by Gasteiger charge is 2.03. The Morgan fingerprint density at radius 1 is 1.19 bits per heavy atom. The Labute approximate surface area is 97.4 Å². The monoisotopic (exact) mass is 245 g/mol. The largest absolute Gasteiger partial charge is 0.406 e. The Bertz CT molecular complexity index is 337. The maximum Gasteiger partial charge on any atom is 0.357 e. The summed E-state index contributed by atoms with van der Waals surface area (Å²) < 4.78 is 23.5. The van der Waals surface area contributed by atoms with Crippen LogP contribution in [0.25, 0.3) is 0 Å². The Kier molecular flexibility index (Phi) is 5.24. The molecule has 1 unspecified atom stereocenters. The molecule has 0 bridgehead atoms. The van der Waals surface area contributed by atoms with Gasteiger partial charge in [-0.1, -0.05) is 0 Å². The van der Waals surface area contributed by atoms with Crippen LogP contribution < -0.4 is 9.02 Å². The van der Waals surface area contributed by atoms with Crippen molar-refractivity contribution in [1.29, 1.82) is 0 Å². The number of hydroxylamine groups is 2. The van der Waals surface area contributed by atoms with E-state index in [9.17, 15) is 4.21 Å². The summed E-state index contributed by atoms with van der Waals surface area (Å²) in [5.74, 6) is 0.993. The Morgan fingerprint density at radius 3 is 2.12 bits per heavy atom. The summed E-state index contributed by atoms with van der Waals surface area (Å²) in [4.78, 5) is 5.51. The van der Waals surface area contributed by atoms with Crippen molar-refractivity contribution in [3.63, 3.8) is 0 Å². The summed E-state index contributed by atoms with van der Waals surface area (Å²) in [7, 11) is 0. The molecular formula is C10H15NO4S. The molecule has 0 saturated heterocycles. The smallest absolute Gasteiger partial charge is 0.357 e. The number of rotatable bonds is 6. The third-order valence-corrected chi connectivity index (χ3v) is 2.27. The minimum absolute atomic E-state index is 0.327. The van der Waals surface area contributed by atoms with E-state index in [1.54, 1.807) is 29.3 Å². The highest BCUT2D eigenvalue weighted by molar-refractivity contribution is 7.74. The van der Waals surface area contributed by atoms with Crippen LogP contribution in [0.15, 0.2) is 24.3 Å². The fraction of sp³-hybridized carbons (Fsp3) is 0.400. The summed E-state index contributed by atoms with van der Waals surface area (Å²) in [6, 6.07) is 6.51. The lowest BCUT2D eigenvalue weighted by atomic mass is 10.3. The van der Waals surface area contributed by atoms with Crippen molar-refractivity contribution in [3.8, 4) is 11.5 Å². The Morgan fingerprint density at radius 2 is 1.69 bits per heavy atom. The zero-order valence-electron chi connectivity index (χ0n) is 9.25. The van der Waals surface area contributed by atoms with Crippen LogP contribution in [-0.2, 0) is 11.4 Å². The second kappa shape index (κ2) is 6.47. The number of hydrogen-bond acceptors (Lipinski definition) is 4. The molecule has 0 spiro atoms. The van der Waals surface area contributed by atoms with Gasteiger partial charge in [-0.05, 0) is 38.1 Å². The summed E-state index contributed by atoms with van der Waals surface area (Å²) in [5, 5.41) is 1.79. The van der Waals surface area contributed by atoms with Gasteiger partial charge in [-0.2, -0.15) is 4.21 Å². The van der Waals surface area contributed by atoms with E-state index in [-0.39, 0.29) is 0 Å². The molecule has 0 aromatic heterocycles. The first kappa shape index (κ1) is 13.0. The number of hydrogen-bond donors (Lipinski definition) is 1. The minimum Gasteiger partial charge on any atom is -0.406 e. The van der Waals surface area contributed by atoms with E-state index in [0.717, 1.165) is 13.1 Å². The molecule has 0 aliphatic heterocycles. The maximum absolute atomic E-state index is 10.4. The predicted molar refractivity (Wildman–Crippen MR) is 61.4 cm³/mol. The first-order valence-electron chi connectivity index (χ1n) is 4.97. The second-order valence-electron chi connectivity index (χ2n) is 2.98. The van der Waals surface area contributed by atoms with Gasteiger partial charge in [0, 0.05) is 13.1 Å². The van der Waals surface area contributed by atoms with Crippen LogP contribution in [0.1, 0.15) is 13.8 Å². The fourth-order valence-electron chi connectivity index (χ4n) is 1.14. The molecule has 1 N–H and O–H groups in total. The lowest BCUT2D eigenvalue weighted by Gasteiger charge is -2.18. The number of nitrogens with zero attached hydrogens (tertiary/aromatic N) is 1. The predicted octanol–water partition coefficient (Wildman–Crippen LogP) is 1.84. The molecule has 0 fully saturated rings. The van der Waals surface area contributed by atoms with Gasteiger partial charge in [0.1, 0.15) is 11.5 Å². The van der Waals surface area contributed by atoms with Crippen molar-refractivity contribution in [2.45, 2.75) is 13.8 Å². The SMILES string of the molecule is CCN(CC)Oc1ccc(OS(=O)O)cc1. The van der Waals surface area contributed by atoms with Crippen molar-refractivity contribution < 1.29 is 17.8 Å². The maximum atomic E-state index is 10.4. The van der Waals surface area contributed by atoms with E-state index < -0.39 is 11.4 Å². The second-order valence-corrected chi connectivity index (χ2v) is 3.58. The van der Waals surface area contributed by atoms with Gasteiger partial charge in [0.15, 0.2) is 0 Å². The van der Waals surface area contributed by atoms with Gasteiger partial charge in [0.05, 0.1) is 0 Å². The van der Waals surface area contributed by atoms with Crippen LogP contribution in [0.5, 0.6) is 11.5 Å². The van der Waals surface area contributed by atoms with Crippen LogP contribution in [0, 0.1) is 0 Å². The molecule has 0 aliphatic rings. The summed E-state index contributed by atoms with van der Waals surface area (Å²) in [6.45, 7) is 5.57. The van der Waals surface area contributed by atoms with E-state index in [1.165, 1.54) is 0 Å². The quantitative estimate of drug-likeness (QED) is 0.612. The molecular weight excluding hydrogens is 230 g/mol. The average Bonchev–Trinajstić information content (AvgIpc) is 2.27. The molecule has 6 heteroatoms. The van der Waals surface area contributed by atoms with Crippen molar-refractivity contribution in [2.75, 3.05) is 13.1 Å². The normalized spacial score (nSPS) is 12.5. The fourth-order valence-corrected chi connectivity index (χ4v) is 1.42. The third-order valence-electron chi connectivity index (χ3n) is 1.93. The molecule has 0 saturated carbocycles. The lowest BCUT2D eigenvalue weighted by molar-refractivity contribution is -0.0486. The topological polar surface area (TPSA) is 59.0 Å². The summed E-state index contributed by atoms with van der Waals surface area (Å²) in [6.07, 6.45) is 0. The van der Waals surface area contributed by atoms with Crippen LogP contribution in [-0.4, -0.2) is 26.9 Å². The van der Waals surface area contributed by atoms with Crippen LogP contribution in [0.2, 0.25) is 0 Å². The van der Waals surface area contributed by atoms with Crippen LogP contribution in [0.3, 0.4) is 0 Å². The first-order chi connectivity index (χ1) is 7.65. The van der Waals surface area contributed by atoms with Gasteiger partial charge >= 0.3 is 11.4 Å². The van der Waals surface area contributed by atoms with Gasteiger partial charge in [0.2, 0.25) is 0 Å². The molecule has 1 aromatic carbocycles. The Hall–Kier alpha value is -1.11. The molecule has 90 valence electrons. The van der Waals surface area contributed by atoms with E-state index in [4.69, 9.17) is 9.39 Å². The van der Waals surface area contributed by atoms with E-state index >= 15 is 0 Å². The average molecular weight is 245 g/mol. The van der Waals surface area contributed by atoms with Gasteiger partial charge in [-0.3, -0.25) is 4.55 Å². The minimum atomic E-state index is -2.29. The zero-order chi connectivity index (χ0) is 12.0. The lowest BCUT2D eigenvalue weighted by Crippen LogP contribution is -2.26. The summed E-state index contributed by atoms with van der Waals surface area (Å²) >= 11 is -2.29. The van der Waals surface area contributed by atoms with Gasteiger partial charge < -0.3 is 9.02 Å². The first-order valence-corrected chi connectivity index (χ1v) is 6.01. The van der Waals surface area contributed by atoms with Gasteiger partial charge in [-0.15, -0.1) is 5.06 Å². The molecule has 0 amide bonds. The highest BCUT2D eigenvalue weighted by Crippen LogP contribution is 2.18. The molecule has 1 rings (SSSR count). The molecule has 1 atom stereocenters. The van der Waals surface area contributed by atoms with Crippen molar-refractivity contribution in [3.05, 3.63) is 24.3 Å². The highest BCUT2D eigenvalue weighted by atomic mass is 32.2. The molecule has 0 heterocycles. The van der Waals surface area contributed by atoms with E-state index in [1.807, 2.05) is 13.8 Å². The standard InChI is InChI=1S/C10H15NO4S/c1-3-11(4-2)14-9-5-7-10(8-6-9)15-16(12)13/h5-8H,3-4H2,1-2H3,(H,12,13). The van der Waals surface area contributed by atoms with E-state index in [2.05, 4.69) is 4.18 Å². The van der Waals surface area contributed by atoms with Gasteiger partial charge in [-0.25, -0.2) is 0 Å². The third kappa shape index (κ3) is 4.18. The molecule has 0 aliphatic carbocycles. The van der Waals surface area contributed by atoms with Crippen LogP contribution in [0.4, 0.5) is 0 Å². The molecule has 16 heavy (non-hydrogen) atoms. The zero-order valence-corrected chi connectivity index (χ0v) is 10.1. The number of benzene rings is 1. The van der Waals surface area contributed by atoms with Crippen molar-refractivity contribution >= 4 is 11.4 Å². The van der Waals surface area contributed by atoms with Gasteiger partial charge in [0.25, 0.3) is 0 Å². The van der Waals surface area contributed by atoms with Crippen LogP contribution >= 0.6 is 0 Å².